The molecule has 0 radical (unpaired) electrons. The third-order valence-electron chi connectivity index (χ3n) is 4.63. The van der Waals surface area contributed by atoms with Gasteiger partial charge in [0, 0.05) is 6.42 Å². The number of carbonyl (C=O) groups excluding carboxylic acids is 2. The van der Waals surface area contributed by atoms with Crippen molar-refractivity contribution in [1.29, 1.82) is 0 Å². The van der Waals surface area contributed by atoms with Gasteiger partial charge in [-0.2, -0.15) is 0 Å². The average molecular weight is 300 g/mol. The molecule has 0 saturated heterocycles. The molecule has 0 N–H and O–H groups in total. The van der Waals surface area contributed by atoms with E-state index < -0.39 is 5.41 Å². The summed E-state index contributed by atoms with van der Waals surface area (Å²) in [4.78, 5) is 24.6. The van der Waals surface area contributed by atoms with Crippen molar-refractivity contribution < 1.29 is 14.3 Å². The van der Waals surface area contributed by atoms with E-state index in [1.807, 2.05) is 32.0 Å². The van der Waals surface area contributed by atoms with E-state index >= 15 is 0 Å². The third kappa shape index (κ3) is 2.99. The summed E-state index contributed by atoms with van der Waals surface area (Å²) in [6.45, 7) is 9.70. The summed E-state index contributed by atoms with van der Waals surface area (Å²) in [5.41, 5.74) is 1.70. The first-order chi connectivity index (χ1) is 10.4. The zero-order chi connectivity index (χ0) is 16.3. The maximum Gasteiger partial charge on any atom is 0.150 e. The van der Waals surface area contributed by atoms with Crippen LogP contribution in [0.15, 0.2) is 30.4 Å². The molecular weight excluding hydrogens is 276 g/mol. The first kappa shape index (κ1) is 16.5. The Balaban J connectivity index is 2.17. The van der Waals surface area contributed by atoms with Crippen LogP contribution in [0.25, 0.3) is 0 Å². The molecular formula is C19H24O3. The van der Waals surface area contributed by atoms with Gasteiger partial charge in [0.05, 0.1) is 0 Å². The van der Waals surface area contributed by atoms with Crippen LogP contribution in [0.3, 0.4) is 0 Å². The molecule has 0 unspecified atom stereocenters. The van der Waals surface area contributed by atoms with Gasteiger partial charge in [0.25, 0.3) is 0 Å². The number of ketones is 2. The normalized spacial score (nSPS) is 21.5. The van der Waals surface area contributed by atoms with Crippen molar-refractivity contribution in [2.24, 2.45) is 5.41 Å². The lowest BCUT2D eigenvalue weighted by Crippen LogP contribution is -2.43. The van der Waals surface area contributed by atoms with Gasteiger partial charge in [-0.25, -0.2) is 0 Å². The van der Waals surface area contributed by atoms with Gasteiger partial charge in [0.15, 0.2) is 5.78 Å². The van der Waals surface area contributed by atoms with E-state index in [0.29, 0.717) is 18.4 Å². The molecule has 1 atom stereocenters. The van der Waals surface area contributed by atoms with Crippen molar-refractivity contribution in [3.63, 3.8) is 0 Å². The van der Waals surface area contributed by atoms with E-state index in [1.165, 1.54) is 6.92 Å². The molecule has 1 fully saturated rings. The number of hydrogen-bond donors (Lipinski definition) is 0. The lowest BCUT2D eigenvalue weighted by Gasteiger charge is -2.35. The van der Waals surface area contributed by atoms with E-state index in [4.69, 9.17) is 4.74 Å². The first-order valence-corrected chi connectivity index (χ1v) is 7.80. The van der Waals surface area contributed by atoms with Gasteiger partial charge in [0.1, 0.15) is 23.6 Å². The molecule has 1 aliphatic rings. The molecule has 1 saturated carbocycles. The number of hydrogen-bond acceptors (Lipinski definition) is 3. The molecule has 2 rings (SSSR count). The lowest BCUT2D eigenvalue weighted by atomic mass is 9.66. The quantitative estimate of drug-likeness (QED) is 0.610. The zero-order valence-corrected chi connectivity index (χ0v) is 13.7. The van der Waals surface area contributed by atoms with Gasteiger partial charge in [-0.1, -0.05) is 25.1 Å². The number of Topliss-reactive ketones (excluding diaryl/α,β-unsaturated/α-hetero) is 2. The largest absolute Gasteiger partial charge is 0.489 e. The summed E-state index contributed by atoms with van der Waals surface area (Å²) in [5, 5.41) is 0. The molecule has 1 aromatic carbocycles. The van der Waals surface area contributed by atoms with E-state index in [1.54, 1.807) is 0 Å². The van der Waals surface area contributed by atoms with Crippen molar-refractivity contribution in [2.75, 3.05) is 6.61 Å². The fourth-order valence-corrected chi connectivity index (χ4v) is 3.17. The molecule has 0 aromatic heterocycles. The Kier molecular flexibility index (Phi) is 4.84. The van der Waals surface area contributed by atoms with Crippen molar-refractivity contribution in [3.8, 4) is 5.75 Å². The highest BCUT2D eigenvalue weighted by Gasteiger charge is 2.46. The monoisotopic (exact) mass is 300 g/mol. The van der Waals surface area contributed by atoms with Crippen LogP contribution < -0.4 is 4.74 Å². The van der Waals surface area contributed by atoms with Crippen LogP contribution in [0.4, 0.5) is 0 Å². The second kappa shape index (κ2) is 6.47. The highest BCUT2D eigenvalue weighted by atomic mass is 16.5. The van der Waals surface area contributed by atoms with Gasteiger partial charge in [-0.05, 0) is 56.4 Å². The van der Waals surface area contributed by atoms with E-state index in [0.717, 1.165) is 29.7 Å². The molecule has 0 aliphatic heterocycles. The highest BCUT2D eigenvalue weighted by molar-refractivity contribution is 6.09. The van der Waals surface area contributed by atoms with Crippen LogP contribution >= 0.6 is 0 Å². The molecule has 0 heterocycles. The maximum atomic E-state index is 12.4. The van der Waals surface area contributed by atoms with Crippen LogP contribution in [0.1, 0.15) is 43.7 Å². The van der Waals surface area contributed by atoms with Crippen LogP contribution in [0, 0.1) is 19.3 Å². The predicted octanol–water partition coefficient (Wildman–Crippen LogP) is 3.96. The number of aryl methyl sites for hydroxylation is 2. The Labute approximate surface area is 132 Å². The predicted molar refractivity (Wildman–Crippen MR) is 87.1 cm³/mol. The number of benzene rings is 1. The number of rotatable bonds is 5. The molecule has 0 amide bonds. The Bertz CT molecular complexity index is 615. The lowest BCUT2D eigenvalue weighted by molar-refractivity contribution is -0.139. The van der Waals surface area contributed by atoms with Gasteiger partial charge in [0.2, 0.25) is 0 Å². The highest BCUT2D eigenvalue weighted by Crippen LogP contribution is 2.40. The smallest absolute Gasteiger partial charge is 0.150 e. The Morgan fingerprint density at radius 2 is 2.05 bits per heavy atom. The van der Waals surface area contributed by atoms with E-state index in [2.05, 4.69) is 6.58 Å². The van der Waals surface area contributed by atoms with Crippen LogP contribution in [-0.4, -0.2) is 18.2 Å². The fourth-order valence-electron chi connectivity index (χ4n) is 3.17. The molecule has 118 valence electrons. The van der Waals surface area contributed by atoms with Gasteiger partial charge >= 0.3 is 0 Å². The third-order valence-corrected chi connectivity index (χ3v) is 4.63. The summed E-state index contributed by atoms with van der Waals surface area (Å²) < 4.78 is 5.85. The van der Waals surface area contributed by atoms with Crippen LogP contribution in [0.5, 0.6) is 5.75 Å². The van der Waals surface area contributed by atoms with E-state index in [9.17, 15) is 9.59 Å². The van der Waals surface area contributed by atoms with Gasteiger partial charge < -0.3 is 4.74 Å². The molecule has 1 aromatic rings. The summed E-state index contributed by atoms with van der Waals surface area (Å²) in [6, 6.07) is 5.99. The second-order valence-electron chi connectivity index (χ2n) is 6.25. The maximum absolute atomic E-state index is 12.4. The van der Waals surface area contributed by atoms with Crippen molar-refractivity contribution in [3.05, 3.63) is 41.5 Å². The van der Waals surface area contributed by atoms with Crippen molar-refractivity contribution >= 4 is 11.6 Å². The topological polar surface area (TPSA) is 43.4 Å². The minimum Gasteiger partial charge on any atom is -0.489 e. The Morgan fingerprint density at radius 1 is 1.32 bits per heavy atom. The summed E-state index contributed by atoms with van der Waals surface area (Å²) in [6.07, 6.45) is 2.77. The SMILES string of the molecule is C=C(COc1cc(C)ccc1C)[C@@]1(C(C)=O)CCCCC1=O. The van der Waals surface area contributed by atoms with Gasteiger partial charge in [-0.15, -0.1) is 0 Å². The first-order valence-electron chi connectivity index (χ1n) is 7.80. The molecule has 3 nitrogen and oxygen atoms in total. The van der Waals surface area contributed by atoms with Gasteiger partial charge in [-0.3, -0.25) is 9.59 Å². The van der Waals surface area contributed by atoms with Crippen molar-refractivity contribution in [2.45, 2.75) is 46.5 Å². The standard InChI is InChI=1S/C19H24O3/c1-13-8-9-14(2)17(11-13)22-12-15(3)19(16(4)20)10-6-5-7-18(19)21/h8-9,11H,3,5-7,10,12H2,1-2,4H3/t19-/m1/s1. The summed E-state index contributed by atoms with van der Waals surface area (Å²) in [7, 11) is 0. The minimum atomic E-state index is -1.03. The summed E-state index contributed by atoms with van der Waals surface area (Å²) in [5.74, 6) is 0.677. The Morgan fingerprint density at radius 3 is 2.68 bits per heavy atom. The number of ether oxygens (including phenoxy) is 1. The average Bonchev–Trinajstić information content (AvgIpc) is 2.48. The molecule has 3 heteroatoms. The molecule has 1 aliphatic carbocycles. The summed E-state index contributed by atoms with van der Waals surface area (Å²) >= 11 is 0. The van der Waals surface area contributed by atoms with E-state index in [-0.39, 0.29) is 18.2 Å². The second-order valence-corrected chi connectivity index (χ2v) is 6.25. The Hall–Kier alpha value is -1.90. The molecule has 22 heavy (non-hydrogen) atoms. The van der Waals surface area contributed by atoms with Crippen LogP contribution in [0.2, 0.25) is 0 Å². The fraction of sp³-hybridized carbons (Fsp3) is 0.474. The number of carbonyl (C=O) groups is 2. The molecule has 0 spiro atoms. The van der Waals surface area contributed by atoms with Crippen molar-refractivity contribution in [1.82, 2.24) is 0 Å². The van der Waals surface area contributed by atoms with Crippen LogP contribution in [-0.2, 0) is 9.59 Å². The molecule has 0 bridgehead atoms. The minimum absolute atomic E-state index is 0.000754. The zero-order valence-electron chi connectivity index (χ0n) is 13.7.